The van der Waals surface area contributed by atoms with E-state index in [0.717, 1.165) is 25.1 Å². The molecule has 0 bridgehead atoms. The van der Waals surface area contributed by atoms with Crippen molar-refractivity contribution < 1.29 is 0 Å². The number of rotatable bonds is 3. The highest BCUT2D eigenvalue weighted by atomic mass is 35.5. The third-order valence-corrected chi connectivity index (χ3v) is 3.31. The minimum Gasteiger partial charge on any atom is -0.243 e. The Hall–Kier alpha value is -0.680. The molecule has 0 amide bonds. The van der Waals surface area contributed by atoms with Crippen LogP contribution in [0.5, 0.6) is 0 Å². The van der Waals surface area contributed by atoms with Crippen LogP contribution in [-0.4, -0.2) is 26.2 Å². The van der Waals surface area contributed by atoms with Crippen molar-refractivity contribution in [2.75, 3.05) is 0 Å². The fraction of sp³-hybridized carbons (Fsp3) is 0.875. The molecule has 0 unspecified atom stereocenters. The van der Waals surface area contributed by atoms with Crippen LogP contribution in [0.2, 0.25) is 0 Å². The zero-order valence-corrected chi connectivity index (χ0v) is 8.72. The second kappa shape index (κ2) is 4.23. The molecule has 1 fully saturated rings. The van der Waals surface area contributed by atoms with Crippen LogP contribution >= 0.6 is 11.8 Å². The van der Waals surface area contributed by atoms with Crippen molar-refractivity contribution in [3.63, 3.8) is 0 Å². The molecular weight excluding hydrogens is 202 g/mol. The molecule has 2 rings (SSSR count). The first-order valence-electron chi connectivity index (χ1n) is 4.95. The van der Waals surface area contributed by atoms with Crippen molar-refractivity contribution in [3.05, 3.63) is 5.82 Å². The quantitative estimate of drug-likeness (QED) is 0.744. The highest BCUT2D eigenvalue weighted by Crippen LogP contribution is 2.30. The van der Waals surface area contributed by atoms with Gasteiger partial charge in [-0.3, -0.25) is 0 Å². The molecule has 2 N–H and O–H groups in total. The van der Waals surface area contributed by atoms with Crippen LogP contribution in [-0.2, 0) is 6.42 Å². The Labute approximate surface area is 87.7 Å². The summed E-state index contributed by atoms with van der Waals surface area (Å²) in [4.78, 5) is 2.91. The molecule has 1 aromatic rings. The fourth-order valence-electron chi connectivity index (χ4n) is 2.11. The van der Waals surface area contributed by atoms with E-state index in [9.17, 15) is 0 Å². The van der Waals surface area contributed by atoms with Gasteiger partial charge in [0.05, 0.1) is 0 Å². The van der Waals surface area contributed by atoms with Crippen LogP contribution in [0.25, 0.3) is 0 Å². The maximum Gasteiger partial charge on any atom is 0.150 e. The molecule has 6 heteroatoms. The molecule has 1 aliphatic carbocycles. The summed E-state index contributed by atoms with van der Waals surface area (Å²) >= 11 is 5.82. The number of aromatic amines is 1. The zero-order chi connectivity index (χ0) is 9.86. The maximum atomic E-state index is 5.82. The van der Waals surface area contributed by atoms with Gasteiger partial charge < -0.3 is 0 Å². The van der Waals surface area contributed by atoms with E-state index in [2.05, 4.69) is 25.5 Å². The molecule has 0 atom stereocenters. The topological polar surface area (TPSA) is 66.5 Å². The third-order valence-electron chi connectivity index (χ3n) is 2.91. The lowest BCUT2D eigenvalue weighted by molar-refractivity contribution is 0.266. The summed E-state index contributed by atoms with van der Waals surface area (Å²) < 4.78 is 0. The largest absolute Gasteiger partial charge is 0.243 e. The highest BCUT2D eigenvalue weighted by molar-refractivity contribution is 6.13. The number of tetrazole rings is 1. The molecule has 5 nitrogen and oxygen atoms in total. The summed E-state index contributed by atoms with van der Waals surface area (Å²) in [6.45, 7) is 0. The Balaban J connectivity index is 2.04. The molecule has 1 heterocycles. The Morgan fingerprint density at radius 2 is 2.14 bits per heavy atom. The molecule has 0 radical (unpaired) electrons. The monoisotopic (exact) mass is 215 g/mol. The molecule has 1 aromatic heterocycles. The number of nitrogens with one attached hydrogen (secondary N) is 2. The Bertz CT molecular complexity index is 267. The van der Waals surface area contributed by atoms with Crippen LogP contribution in [0.1, 0.15) is 37.9 Å². The highest BCUT2D eigenvalue weighted by Gasteiger charge is 2.32. The van der Waals surface area contributed by atoms with Gasteiger partial charge >= 0.3 is 0 Å². The van der Waals surface area contributed by atoms with Crippen molar-refractivity contribution in [1.29, 1.82) is 0 Å². The van der Waals surface area contributed by atoms with Gasteiger partial charge in [0.25, 0.3) is 0 Å². The molecule has 78 valence electrons. The van der Waals surface area contributed by atoms with Gasteiger partial charge in [-0.15, -0.1) is 5.10 Å². The molecule has 0 aromatic carbocycles. The average molecular weight is 216 g/mol. The summed E-state index contributed by atoms with van der Waals surface area (Å²) in [6.07, 6.45) is 6.72. The van der Waals surface area contributed by atoms with Gasteiger partial charge in [-0.2, -0.15) is 0 Å². The Kier molecular flexibility index (Phi) is 2.98. The predicted molar refractivity (Wildman–Crippen MR) is 52.7 cm³/mol. The van der Waals surface area contributed by atoms with Crippen LogP contribution in [0.4, 0.5) is 0 Å². The van der Waals surface area contributed by atoms with Crippen molar-refractivity contribution in [2.24, 2.45) is 0 Å². The summed E-state index contributed by atoms with van der Waals surface area (Å²) in [5.41, 5.74) is -0.0129. The van der Waals surface area contributed by atoms with E-state index in [1.165, 1.54) is 19.3 Å². The van der Waals surface area contributed by atoms with Gasteiger partial charge in [0.1, 0.15) is 5.82 Å². The molecule has 1 aliphatic rings. The van der Waals surface area contributed by atoms with Gasteiger partial charge in [0, 0.05) is 12.0 Å². The first-order valence-corrected chi connectivity index (χ1v) is 5.33. The molecule has 0 aliphatic heterocycles. The number of hydrogen-bond acceptors (Lipinski definition) is 4. The molecule has 14 heavy (non-hydrogen) atoms. The number of nitrogens with zero attached hydrogens (tertiary/aromatic N) is 3. The minimum absolute atomic E-state index is 0.0129. The third kappa shape index (κ3) is 2.04. The minimum atomic E-state index is -0.0129. The summed E-state index contributed by atoms with van der Waals surface area (Å²) in [6, 6.07) is 0. The Morgan fingerprint density at radius 1 is 1.36 bits per heavy atom. The lowest BCUT2D eigenvalue weighted by Crippen LogP contribution is -2.44. The van der Waals surface area contributed by atoms with Crippen molar-refractivity contribution in [2.45, 2.75) is 44.1 Å². The van der Waals surface area contributed by atoms with Gasteiger partial charge in [-0.05, 0) is 35.0 Å². The van der Waals surface area contributed by atoms with E-state index >= 15 is 0 Å². The molecule has 0 spiro atoms. The zero-order valence-electron chi connectivity index (χ0n) is 7.96. The maximum absolute atomic E-state index is 5.82. The van der Waals surface area contributed by atoms with E-state index in [4.69, 9.17) is 11.8 Å². The second-order valence-electron chi connectivity index (χ2n) is 3.96. The molecule has 1 saturated carbocycles. The normalized spacial score (nSPS) is 20.9. The summed E-state index contributed by atoms with van der Waals surface area (Å²) in [7, 11) is 0. The second-order valence-corrected chi connectivity index (χ2v) is 4.15. The average Bonchev–Trinajstić information content (AvgIpc) is 2.72. The van der Waals surface area contributed by atoms with Crippen LogP contribution in [0.15, 0.2) is 0 Å². The van der Waals surface area contributed by atoms with Gasteiger partial charge in [0.15, 0.2) is 0 Å². The standard InChI is InChI=1S/C8H14ClN5/c9-12-8(4-2-1-3-5-8)6-7-10-13-14-11-7/h12H,1-6H2,(H,10,11,13,14). The molecular formula is C8H14ClN5. The van der Waals surface area contributed by atoms with Crippen LogP contribution < -0.4 is 4.84 Å². The summed E-state index contributed by atoms with van der Waals surface area (Å²) in [5, 5.41) is 13.8. The fourth-order valence-corrected chi connectivity index (χ4v) is 2.36. The summed E-state index contributed by atoms with van der Waals surface area (Å²) in [5.74, 6) is 0.806. The van der Waals surface area contributed by atoms with E-state index in [1.54, 1.807) is 0 Å². The van der Waals surface area contributed by atoms with Crippen LogP contribution in [0.3, 0.4) is 0 Å². The van der Waals surface area contributed by atoms with E-state index in [1.807, 2.05) is 0 Å². The SMILES string of the molecule is ClNC1(Cc2nnn[nH]2)CCCCC1. The van der Waals surface area contributed by atoms with E-state index in [0.29, 0.717) is 0 Å². The number of H-pyrrole nitrogens is 1. The smallest absolute Gasteiger partial charge is 0.150 e. The van der Waals surface area contributed by atoms with Crippen LogP contribution in [0, 0.1) is 0 Å². The number of halogens is 1. The first kappa shape index (κ1) is 9.86. The molecule has 0 saturated heterocycles. The van der Waals surface area contributed by atoms with Crippen molar-refractivity contribution in [3.8, 4) is 0 Å². The lowest BCUT2D eigenvalue weighted by atomic mass is 9.80. The lowest BCUT2D eigenvalue weighted by Gasteiger charge is -2.34. The predicted octanol–water partition coefficient (Wildman–Crippen LogP) is 1.19. The van der Waals surface area contributed by atoms with Gasteiger partial charge in [-0.25, -0.2) is 9.93 Å². The van der Waals surface area contributed by atoms with Gasteiger partial charge in [0.2, 0.25) is 0 Å². The van der Waals surface area contributed by atoms with E-state index in [-0.39, 0.29) is 5.54 Å². The van der Waals surface area contributed by atoms with E-state index < -0.39 is 0 Å². The Morgan fingerprint density at radius 3 is 2.71 bits per heavy atom. The number of hydrogen-bond donors (Lipinski definition) is 2. The first-order chi connectivity index (χ1) is 6.85. The van der Waals surface area contributed by atoms with Crippen molar-refractivity contribution >= 4 is 11.8 Å². The van der Waals surface area contributed by atoms with Crippen molar-refractivity contribution in [1.82, 2.24) is 25.5 Å². The number of aromatic nitrogens is 4. The van der Waals surface area contributed by atoms with Gasteiger partial charge in [-0.1, -0.05) is 19.3 Å².